The molecule has 7 heteroatoms. The van der Waals surface area contributed by atoms with Crippen LogP contribution < -0.4 is 9.64 Å². The van der Waals surface area contributed by atoms with Gasteiger partial charge in [-0.3, -0.25) is 19.5 Å². The van der Waals surface area contributed by atoms with E-state index in [4.69, 9.17) is 9.72 Å². The molecule has 0 unspecified atom stereocenters. The molecular formula is C20H17N3O3S. The molecule has 1 amide bonds. The summed E-state index contributed by atoms with van der Waals surface area (Å²) in [5, 5.41) is 0.841. The Bertz CT molecular complexity index is 1030. The van der Waals surface area contributed by atoms with Crippen LogP contribution in [0, 0.1) is 6.92 Å². The first-order chi connectivity index (χ1) is 13.0. The molecule has 0 spiro atoms. The molecule has 1 aromatic carbocycles. The van der Waals surface area contributed by atoms with Gasteiger partial charge in [-0.2, -0.15) is 0 Å². The summed E-state index contributed by atoms with van der Waals surface area (Å²) in [6.45, 7) is 3.46. The monoisotopic (exact) mass is 379 g/mol. The van der Waals surface area contributed by atoms with Crippen molar-refractivity contribution >= 4 is 28.7 Å². The number of aryl methyl sites for hydroxylation is 1. The Kier molecular flexibility index (Phi) is 4.45. The second-order valence-corrected chi connectivity index (χ2v) is 7.50. The van der Waals surface area contributed by atoms with Crippen molar-refractivity contribution < 1.29 is 14.3 Å². The molecule has 4 rings (SSSR count). The van der Waals surface area contributed by atoms with Gasteiger partial charge >= 0.3 is 0 Å². The molecule has 0 atom stereocenters. The number of hydrogen-bond donors (Lipinski definition) is 0. The fourth-order valence-electron chi connectivity index (χ4n) is 3.01. The van der Waals surface area contributed by atoms with Gasteiger partial charge in [0.15, 0.2) is 6.61 Å². The summed E-state index contributed by atoms with van der Waals surface area (Å²) in [5.41, 5.74) is 3.14. The summed E-state index contributed by atoms with van der Waals surface area (Å²) in [4.78, 5) is 35.4. The lowest BCUT2D eigenvalue weighted by molar-refractivity contribution is -0.123. The van der Waals surface area contributed by atoms with Crippen LogP contribution in [0.5, 0.6) is 5.75 Å². The average molecular weight is 379 g/mol. The van der Waals surface area contributed by atoms with Gasteiger partial charge in [0, 0.05) is 16.6 Å². The third-order valence-electron chi connectivity index (χ3n) is 4.24. The predicted molar refractivity (Wildman–Crippen MR) is 104 cm³/mol. The van der Waals surface area contributed by atoms with Crippen LogP contribution in [0.3, 0.4) is 0 Å². The number of anilines is 1. The number of carbonyl (C=O) groups is 2. The highest BCUT2D eigenvalue weighted by Crippen LogP contribution is 2.38. The summed E-state index contributed by atoms with van der Waals surface area (Å²) < 4.78 is 5.51. The molecular weight excluding hydrogens is 362 g/mol. The summed E-state index contributed by atoms with van der Waals surface area (Å²) in [6, 6.07) is 11.3. The molecule has 0 bridgehead atoms. The minimum absolute atomic E-state index is 0.0356. The van der Waals surface area contributed by atoms with E-state index < -0.39 is 0 Å². The van der Waals surface area contributed by atoms with E-state index in [2.05, 4.69) is 4.98 Å². The van der Waals surface area contributed by atoms with Crippen molar-refractivity contribution in [2.24, 2.45) is 0 Å². The fraction of sp³-hybridized carbons (Fsp3) is 0.200. The largest absolute Gasteiger partial charge is 0.482 e. The zero-order valence-electron chi connectivity index (χ0n) is 14.9. The van der Waals surface area contributed by atoms with Crippen molar-refractivity contribution in [2.45, 2.75) is 13.8 Å². The van der Waals surface area contributed by atoms with Gasteiger partial charge in [-0.05, 0) is 44.2 Å². The molecule has 0 saturated carbocycles. The smallest absolute Gasteiger partial charge is 0.265 e. The number of aromatic nitrogens is 2. The van der Waals surface area contributed by atoms with Gasteiger partial charge in [0.2, 0.25) is 0 Å². The number of benzene rings is 1. The number of carbonyl (C=O) groups excluding carboxylic acids is 2. The molecule has 2 aromatic heterocycles. The Morgan fingerprint density at radius 1 is 1.30 bits per heavy atom. The number of Topliss-reactive ketones (excluding diaryl/α,β-unsaturated/α-hetero) is 1. The van der Waals surface area contributed by atoms with E-state index >= 15 is 0 Å². The second-order valence-electron chi connectivity index (χ2n) is 6.29. The van der Waals surface area contributed by atoms with Crippen LogP contribution in [-0.2, 0) is 9.59 Å². The topological polar surface area (TPSA) is 72.4 Å². The molecule has 1 aliphatic rings. The minimum Gasteiger partial charge on any atom is -0.482 e. The second kappa shape index (κ2) is 6.92. The van der Waals surface area contributed by atoms with Crippen LogP contribution in [0.2, 0.25) is 0 Å². The van der Waals surface area contributed by atoms with Crippen LogP contribution in [0.1, 0.15) is 11.8 Å². The van der Waals surface area contributed by atoms with Gasteiger partial charge in [-0.1, -0.05) is 6.07 Å². The highest BCUT2D eigenvalue weighted by atomic mass is 32.1. The summed E-state index contributed by atoms with van der Waals surface area (Å²) in [5.74, 6) is 0.292. The van der Waals surface area contributed by atoms with E-state index in [1.54, 1.807) is 17.5 Å². The number of ether oxygens (including phenoxy) is 1. The fourth-order valence-corrected chi connectivity index (χ4v) is 3.92. The lowest BCUT2D eigenvalue weighted by Gasteiger charge is -2.29. The van der Waals surface area contributed by atoms with Crippen molar-refractivity contribution in [2.75, 3.05) is 18.1 Å². The first-order valence-corrected chi connectivity index (χ1v) is 9.30. The third-order valence-corrected chi connectivity index (χ3v) is 5.23. The third kappa shape index (κ3) is 3.33. The van der Waals surface area contributed by atoms with Gasteiger partial charge in [0.1, 0.15) is 16.5 Å². The Labute approximate surface area is 160 Å². The van der Waals surface area contributed by atoms with Crippen molar-refractivity contribution in [3.63, 3.8) is 0 Å². The van der Waals surface area contributed by atoms with E-state index in [9.17, 15) is 9.59 Å². The lowest BCUT2D eigenvalue weighted by Crippen LogP contribution is -2.41. The molecule has 0 radical (unpaired) electrons. The molecule has 3 heterocycles. The molecule has 0 N–H and O–H groups in total. The number of amides is 1. The number of fused-ring (bicyclic) bond motifs is 1. The highest BCUT2D eigenvalue weighted by Gasteiger charge is 2.27. The normalized spacial score (nSPS) is 13.3. The van der Waals surface area contributed by atoms with Crippen molar-refractivity contribution in [3.05, 3.63) is 47.5 Å². The summed E-state index contributed by atoms with van der Waals surface area (Å²) in [7, 11) is 0. The van der Waals surface area contributed by atoms with E-state index in [1.165, 1.54) is 11.8 Å². The van der Waals surface area contributed by atoms with Gasteiger partial charge in [-0.15, -0.1) is 11.3 Å². The zero-order chi connectivity index (χ0) is 19.0. The highest BCUT2D eigenvalue weighted by molar-refractivity contribution is 7.15. The lowest BCUT2D eigenvalue weighted by atomic mass is 10.1. The van der Waals surface area contributed by atoms with E-state index in [-0.39, 0.29) is 24.8 Å². The van der Waals surface area contributed by atoms with E-state index in [0.29, 0.717) is 11.4 Å². The molecule has 27 heavy (non-hydrogen) atoms. The maximum Gasteiger partial charge on any atom is 0.265 e. The summed E-state index contributed by atoms with van der Waals surface area (Å²) in [6.07, 6.45) is 1.74. The number of thiazole rings is 1. The van der Waals surface area contributed by atoms with Gasteiger partial charge < -0.3 is 4.74 Å². The van der Waals surface area contributed by atoms with Crippen molar-refractivity contribution in [1.29, 1.82) is 0 Å². The standard InChI is InChI=1S/C20H17N3O3S/c1-12(24)10-23-16-9-14(6-7-17(16)26-11-18(23)25)19-13(2)27-20(22-19)15-5-3-4-8-21-15/h3-9H,10-11H2,1-2H3. The molecule has 136 valence electrons. The number of ketones is 1. The van der Waals surface area contributed by atoms with Gasteiger partial charge in [0.05, 0.1) is 23.6 Å². The Balaban J connectivity index is 1.76. The average Bonchev–Trinajstić information content (AvgIpc) is 3.06. The molecule has 1 aliphatic heterocycles. The molecule has 3 aromatic rings. The maximum absolute atomic E-state index is 12.2. The first kappa shape index (κ1) is 17.4. The van der Waals surface area contributed by atoms with Crippen molar-refractivity contribution in [3.8, 4) is 27.7 Å². The Morgan fingerprint density at radius 2 is 2.15 bits per heavy atom. The van der Waals surface area contributed by atoms with Crippen LogP contribution in [0.15, 0.2) is 42.6 Å². The Morgan fingerprint density at radius 3 is 2.89 bits per heavy atom. The summed E-state index contributed by atoms with van der Waals surface area (Å²) >= 11 is 1.57. The first-order valence-electron chi connectivity index (χ1n) is 8.49. The molecule has 6 nitrogen and oxygen atoms in total. The van der Waals surface area contributed by atoms with Gasteiger partial charge in [0.25, 0.3) is 5.91 Å². The molecule has 0 aliphatic carbocycles. The molecule has 0 fully saturated rings. The van der Waals surface area contributed by atoms with Crippen LogP contribution in [0.4, 0.5) is 5.69 Å². The molecule has 0 saturated heterocycles. The SMILES string of the molecule is CC(=O)CN1C(=O)COc2ccc(-c3nc(-c4ccccn4)sc3C)cc21. The van der Waals surface area contributed by atoms with Crippen LogP contribution >= 0.6 is 11.3 Å². The van der Waals surface area contributed by atoms with Crippen LogP contribution in [-0.4, -0.2) is 34.8 Å². The van der Waals surface area contributed by atoms with Gasteiger partial charge in [-0.25, -0.2) is 4.98 Å². The number of pyridine rings is 1. The van der Waals surface area contributed by atoms with E-state index in [0.717, 1.165) is 26.8 Å². The minimum atomic E-state index is -0.223. The number of nitrogens with zero attached hydrogens (tertiary/aromatic N) is 3. The predicted octanol–water partition coefficient (Wildman–Crippen LogP) is 3.49. The van der Waals surface area contributed by atoms with Crippen molar-refractivity contribution in [1.82, 2.24) is 9.97 Å². The zero-order valence-corrected chi connectivity index (χ0v) is 15.7. The Hall–Kier alpha value is -3.06. The quantitative estimate of drug-likeness (QED) is 0.694. The van der Waals surface area contributed by atoms with Crippen LogP contribution in [0.25, 0.3) is 22.0 Å². The number of rotatable bonds is 4. The number of hydrogen-bond acceptors (Lipinski definition) is 6. The maximum atomic E-state index is 12.2. The van der Waals surface area contributed by atoms with E-state index in [1.807, 2.05) is 43.3 Å².